The molecule has 2 rings (SSSR count). The number of hydrogen-bond donors (Lipinski definition) is 0. The number of carbonyl (C=O) groups is 1. The molecule has 0 spiro atoms. The lowest BCUT2D eigenvalue weighted by Gasteiger charge is -2.27. The molecule has 1 saturated heterocycles. The summed E-state index contributed by atoms with van der Waals surface area (Å²) in [5.74, 6) is -0.0316. The van der Waals surface area contributed by atoms with Gasteiger partial charge in [0.2, 0.25) is 0 Å². The van der Waals surface area contributed by atoms with E-state index in [9.17, 15) is 13.2 Å². The molecular formula is C20H30N2O4S. The van der Waals surface area contributed by atoms with Crippen LogP contribution < -0.4 is 0 Å². The number of hydrogen-bond acceptors (Lipinski definition) is 5. The Morgan fingerprint density at radius 2 is 1.96 bits per heavy atom. The molecule has 1 aliphatic rings. The fourth-order valence-corrected chi connectivity index (χ4v) is 4.85. The predicted octanol–water partition coefficient (Wildman–Crippen LogP) is 2.76. The van der Waals surface area contributed by atoms with Crippen LogP contribution in [0.1, 0.15) is 51.7 Å². The van der Waals surface area contributed by atoms with Gasteiger partial charge in [-0.1, -0.05) is 57.1 Å². The standard InChI is InChI=1S/C20H30N2O4S/c1-5-11-22(18-10-12-27(24,25)15-18)19(23)14-26-21-13-16-6-8-17(9-7-16)20(2,3)4/h6-9,13,18H,5,10-12,14-15H2,1-4H3/b21-13-/t18-/m0/s1. The van der Waals surface area contributed by atoms with Crippen molar-refractivity contribution >= 4 is 22.0 Å². The molecule has 27 heavy (non-hydrogen) atoms. The summed E-state index contributed by atoms with van der Waals surface area (Å²) in [4.78, 5) is 19.2. The molecule has 0 bridgehead atoms. The summed E-state index contributed by atoms with van der Waals surface area (Å²) in [6.45, 7) is 8.77. The summed E-state index contributed by atoms with van der Waals surface area (Å²) in [6.07, 6.45) is 2.84. The van der Waals surface area contributed by atoms with Crippen LogP contribution in [0.3, 0.4) is 0 Å². The third kappa shape index (κ3) is 6.34. The van der Waals surface area contributed by atoms with Gasteiger partial charge in [-0.15, -0.1) is 0 Å². The Morgan fingerprint density at radius 3 is 2.48 bits per heavy atom. The van der Waals surface area contributed by atoms with E-state index in [-0.39, 0.29) is 35.5 Å². The second-order valence-electron chi connectivity index (χ2n) is 8.02. The molecule has 0 aromatic heterocycles. The Balaban J connectivity index is 1.89. The lowest BCUT2D eigenvalue weighted by molar-refractivity contribution is -0.138. The minimum Gasteiger partial charge on any atom is -0.386 e. The van der Waals surface area contributed by atoms with Crippen molar-refractivity contribution in [3.8, 4) is 0 Å². The van der Waals surface area contributed by atoms with Crippen molar-refractivity contribution in [2.24, 2.45) is 5.16 Å². The highest BCUT2D eigenvalue weighted by molar-refractivity contribution is 7.91. The first-order valence-corrected chi connectivity index (χ1v) is 11.2. The summed E-state index contributed by atoms with van der Waals surface area (Å²) < 4.78 is 23.4. The van der Waals surface area contributed by atoms with Gasteiger partial charge in [0, 0.05) is 12.6 Å². The third-order valence-corrected chi connectivity index (χ3v) is 6.43. The molecule has 0 aliphatic carbocycles. The molecule has 0 saturated carbocycles. The normalized spacial score (nSPS) is 19.3. The van der Waals surface area contributed by atoms with Gasteiger partial charge < -0.3 is 9.74 Å². The van der Waals surface area contributed by atoms with Crippen LogP contribution in [0.15, 0.2) is 29.4 Å². The average Bonchev–Trinajstić information content (AvgIpc) is 2.95. The summed E-state index contributed by atoms with van der Waals surface area (Å²) in [7, 11) is -3.03. The second kappa shape index (κ2) is 8.87. The molecule has 1 fully saturated rings. The maximum absolute atomic E-state index is 12.4. The van der Waals surface area contributed by atoms with Gasteiger partial charge in [-0.3, -0.25) is 4.79 Å². The van der Waals surface area contributed by atoms with Crippen LogP contribution >= 0.6 is 0 Å². The first-order chi connectivity index (χ1) is 12.6. The van der Waals surface area contributed by atoms with Crippen LogP contribution in [-0.4, -0.2) is 56.1 Å². The number of nitrogens with zero attached hydrogens (tertiary/aromatic N) is 2. The van der Waals surface area contributed by atoms with Gasteiger partial charge in [0.1, 0.15) is 0 Å². The van der Waals surface area contributed by atoms with Crippen molar-refractivity contribution in [1.29, 1.82) is 0 Å². The largest absolute Gasteiger partial charge is 0.386 e. The summed E-state index contributed by atoms with van der Waals surface area (Å²) >= 11 is 0. The van der Waals surface area contributed by atoms with Crippen molar-refractivity contribution in [3.63, 3.8) is 0 Å². The Hall–Kier alpha value is -1.89. The summed E-state index contributed by atoms with van der Waals surface area (Å²) in [5, 5.41) is 3.88. The van der Waals surface area contributed by atoms with Crippen molar-refractivity contribution in [2.75, 3.05) is 24.7 Å². The first-order valence-electron chi connectivity index (χ1n) is 9.38. The highest BCUT2D eigenvalue weighted by atomic mass is 32.2. The quantitative estimate of drug-likeness (QED) is 0.526. The van der Waals surface area contributed by atoms with E-state index in [1.807, 2.05) is 19.1 Å². The predicted molar refractivity (Wildman–Crippen MR) is 108 cm³/mol. The zero-order chi connectivity index (χ0) is 20.1. The van der Waals surface area contributed by atoms with Gasteiger partial charge in [-0.2, -0.15) is 0 Å². The first kappa shape index (κ1) is 21.4. The van der Waals surface area contributed by atoms with Crippen LogP contribution in [-0.2, 0) is 24.9 Å². The summed E-state index contributed by atoms with van der Waals surface area (Å²) in [6, 6.07) is 7.77. The van der Waals surface area contributed by atoms with Crippen molar-refractivity contribution < 1.29 is 18.0 Å². The Morgan fingerprint density at radius 1 is 1.30 bits per heavy atom. The SMILES string of the molecule is CCCN(C(=O)CO/N=C\c1ccc(C(C)(C)C)cc1)[C@H]1CCS(=O)(=O)C1. The molecule has 1 heterocycles. The van der Waals surface area contributed by atoms with E-state index in [0.29, 0.717) is 13.0 Å². The van der Waals surface area contributed by atoms with Crippen LogP contribution in [0.5, 0.6) is 0 Å². The highest BCUT2D eigenvalue weighted by Crippen LogP contribution is 2.22. The molecular weight excluding hydrogens is 364 g/mol. The van der Waals surface area contributed by atoms with Crippen LogP contribution in [0.2, 0.25) is 0 Å². The monoisotopic (exact) mass is 394 g/mol. The number of benzene rings is 1. The van der Waals surface area contributed by atoms with Crippen molar-refractivity contribution in [2.45, 2.75) is 52.0 Å². The maximum atomic E-state index is 12.4. The van der Waals surface area contributed by atoms with Gasteiger partial charge in [-0.05, 0) is 29.4 Å². The topological polar surface area (TPSA) is 76.0 Å². The van der Waals surface area contributed by atoms with Crippen LogP contribution in [0, 0.1) is 0 Å². The molecule has 6 nitrogen and oxygen atoms in total. The Labute approximate surface area is 162 Å². The lowest BCUT2D eigenvalue weighted by atomic mass is 9.87. The second-order valence-corrected chi connectivity index (χ2v) is 10.3. The molecule has 1 aromatic rings. The minimum absolute atomic E-state index is 0.0438. The number of sulfone groups is 1. The minimum atomic E-state index is -3.03. The molecule has 0 radical (unpaired) electrons. The van der Waals surface area contributed by atoms with Gasteiger partial charge in [-0.25, -0.2) is 8.42 Å². The van der Waals surface area contributed by atoms with Crippen molar-refractivity contribution in [1.82, 2.24) is 4.90 Å². The van der Waals surface area contributed by atoms with E-state index >= 15 is 0 Å². The molecule has 1 aromatic carbocycles. The third-order valence-electron chi connectivity index (χ3n) is 4.68. The molecule has 0 unspecified atom stereocenters. The van der Waals surface area contributed by atoms with E-state index in [4.69, 9.17) is 4.84 Å². The highest BCUT2D eigenvalue weighted by Gasteiger charge is 2.34. The fourth-order valence-electron chi connectivity index (χ4n) is 3.12. The van der Waals surface area contributed by atoms with Gasteiger partial charge in [0.05, 0.1) is 17.7 Å². The fraction of sp³-hybridized carbons (Fsp3) is 0.600. The summed E-state index contributed by atoms with van der Waals surface area (Å²) in [5.41, 5.74) is 2.22. The van der Waals surface area contributed by atoms with E-state index < -0.39 is 9.84 Å². The van der Waals surface area contributed by atoms with E-state index in [1.165, 1.54) is 5.56 Å². The number of rotatable bonds is 7. The Bertz CT molecular complexity index is 764. The number of amides is 1. The molecule has 1 aliphatic heterocycles. The number of carbonyl (C=O) groups excluding carboxylic acids is 1. The maximum Gasteiger partial charge on any atom is 0.263 e. The number of oxime groups is 1. The van der Waals surface area contributed by atoms with Crippen LogP contribution in [0.25, 0.3) is 0 Å². The zero-order valence-electron chi connectivity index (χ0n) is 16.6. The molecule has 7 heteroatoms. The van der Waals surface area contributed by atoms with Gasteiger partial charge in [0.15, 0.2) is 16.4 Å². The van der Waals surface area contributed by atoms with Crippen molar-refractivity contribution in [3.05, 3.63) is 35.4 Å². The van der Waals surface area contributed by atoms with E-state index in [2.05, 4.69) is 38.1 Å². The molecule has 1 atom stereocenters. The molecule has 0 N–H and O–H groups in total. The lowest BCUT2D eigenvalue weighted by Crippen LogP contribution is -2.43. The van der Waals surface area contributed by atoms with E-state index in [1.54, 1.807) is 11.1 Å². The molecule has 150 valence electrons. The molecule has 1 amide bonds. The van der Waals surface area contributed by atoms with E-state index in [0.717, 1.165) is 12.0 Å². The smallest absolute Gasteiger partial charge is 0.263 e. The van der Waals surface area contributed by atoms with Crippen LogP contribution in [0.4, 0.5) is 0 Å². The van der Waals surface area contributed by atoms with Gasteiger partial charge in [0.25, 0.3) is 5.91 Å². The zero-order valence-corrected chi connectivity index (χ0v) is 17.5. The average molecular weight is 395 g/mol. The Kier molecular flexibility index (Phi) is 7.03. The van der Waals surface area contributed by atoms with Gasteiger partial charge >= 0.3 is 0 Å².